The first kappa shape index (κ1) is 31.9. The molecule has 0 spiro atoms. The Labute approximate surface area is 341 Å². The van der Waals surface area contributed by atoms with E-state index in [1.54, 1.807) is 0 Å². The predicted molar refractivity (Wildman–Crippen MR) is 249 cm³/mol. The number of fused-ring (bicyclic) bond motifs is 15. The van der Waals surface area contributed by atoms with Gasteiger partial charge in [-0.15, -0.1) is 0 Å². The van der Waals surface area contributed by atoms with Crippen LogP contribution in [0.2, 0.25) is 0 Å². The molecule has 0 aliphatic carbocycles. The summed E-state index contributed by atoms with van der Waals surface area (Å²) in [7, 11) is 0. The molecule has 0 fully saturated rings. The number of para-hydroxylation sites is 5. The van der Waals surface area contributed by atoms with Gasteiger partial charge < -0.3 is 13.6 Å². The Morgan fingerprint density at radius 3 is 1.85 bits per heavy atom. The number of benzene rings is 9. The molecule has 0 saturated heterocycles. The smallest absolute Gasteiger partial charge is 0.263 e. The van der Waals surface area contributed by atoms with Gasteiger partial charge in [-0.1, -0.05) is 121 Å². The van der Waals surface area contributed by atoms with Gasteiger partial charge in [0, 0.05) is 59.7 Å². The molecule has 60 heavy (non-hydrogen) atoms. The first-order valence-electron chi connectivity index (χ1n) is 20.4. The molecule has 0 radical (unpaired) electrons. The molecule has 9 aromatic carbocycles. The van der Waals surface area contributed by atoms with E-state index in [2.05, 4.69) is 173 Å². The lowest BCUT2D eigenvalue weighted by molar-refractivity contribution is 0.670. The van der Waals surface area contributed by atoms with Crippen molar-refractivity contribution in [2.45, 2.75) is 0 Å². The number of nitrogens with zero attached hydrogens (tertiary/aromatic N) is 3. The second-order valence-corrected chi connectivity index (χ2v) is 16.0. The van der Waals surface area contributed by atoms with Crippen LogP contribution >= 0.6 is 0 Å². The standard InChI is InChI=1S/C55H31N3O2/c59-55-40-17-5-4-15-35(40)37-20-12-21-38-43-31-32(25-28-46(43)58(55)52(37)38)34-26-29-48(51-42-19-8-11-24-49(42)60-54(34)51)57-44-22-9-6-16-36(44)39-27-30-47-50(53(39)57)41-18-7-10-23-45(41)56(47)33-13-2-1-3-14-33/h1-31H. The van der Waals surface area contributed by atoms with E-state index in [4.69, 9.17) is 4.42 Å². The molecular weight excluding hydrogens is 735 g/mol. The molecule has 0 amide bonds. The zero-order valence-corrected chi connectivity index (χ0v) is 32.1. The number of pyridine rings is 1. The average Bonchev–Trinajstić information content (AvgIpc) is 4.05. The predicted octanol–water partition coefficient (Wildman–Crippen LogP) is 14.0. The minimum absolute atomic E-state index is 0.00764. The number of furan rings is 1. The molecule has 14 rings (SSSR count). The molecule has 278 valence electrons. The van der Waals surface area contributed by atoms with Crippen LogP contribution in [0.1, 0.15) is 0 Å². The summed E-state index contributed by atoms with van der Waals surface area (Å²) in [4.78, 5) is 14.1. The fourth-order valence-corrected chi connectivity index (χ4v) is 10.5. The van der Waals surface area contributed by atoms with Gasteiger partial charge in [0.05, 0.1) is 44.2 Å². The van der Waals surface area contributed by atoms with E-state index in [-0.39, 0.29) is 5.56 Å². The topological polar surface area (TPSA) is 44.5 Å². The van der Waals surface area contributed by atoms with Gasteiger partial charge in [0.15, 0.2) is 0 Å². The van der Waals surface area contributed by atoms with E-state index in [0.29, 0.717) is 0 Å². The second-order valence-electron chi connectivity index (χ2n) is 16.0. The largest absolute Gasteiger partial charge is 0.455 e. The average molecular weight is 766 g/mol. The van der Waals surface area contributed by atoms with Gasteiger partial charge in [-0.05, 0) is 77.7 Å². The summed E-state index contributed by atoms with van der Waals surface area (Å²) in [6.45, 7) is 0. The molecule has 0 atom stereocenters. The van der Waals surface area contributed by atoms with Crippen LogP contribution in [0.25, 0.3) is 126 Å². The lowest BCUT2D eigenvalue weighted by Gasteiger charge is -2.13. The van der Waals surface area contributed by atoms with Crippen LogP contribution < -0.4 is 5.56 Å². The minimum Gasteiger partial charge on any atom is -0.455 e. The highest BCUT2D eigenvalue weighted by molar-refractivity contribution is 6.27. The summed E-state index contributed by atoms with van der Waals surface area (Å²) >= 11 is 0. The summed E-state index contributed by atoms with van der Waals surface area (Å²) in [5, 5.41) is 11.8. The van der Waals surface area contributed by atoms with Crippen molar-refractivity contribution in [3.05, 3.63) is 198 Å². The van der Waals surface area contributed by atoms with Crippen LogP contribution in [-0.4, -0.2) is 13.5 Å². The van der Waals surface area contributed by atoms with Gasteiger partial charge in [-0.2, -0.15) is 0 Å². The highest BCUT2D eigenvalue weighted by Gasteiger charge is 2.25. The highest BCUT2D eigenvalue weighted by Crippen LogP contribution is 2.46. The van der Waals surface area contributed by atoms with E-state index in [9.17, 15) is 4.79 Å². The summed E-state index contributed by atoms with van der Waals surface area (Å²) in [6, 6.07) is 66.4. The molecule has 0 aliphatic rings. The van der Waals surface area contributed by atoms with Crippen LogP contribution in [0, 0.1) is 0 Å². The Bertz CT molecular complexity index is 4200. The molecule has 5 aromatic heterocycles. The summed E-state index contributed by atoms with van der Waals surface area (Å²) < 4.78 is 13.7. The Balaban J connectivity index is 1.10. The number of aromatic nitrogens is 3. The van der Waals surface area contributed by atoms with Crippen LogP contribution in [0.5, 0.6) is 0 Å². The maximum Gasteiger partial charge on any atom is 0.263 e. The SMILES string of the molecule is O=c1c2ccccc2c2cccc3c4cc(-c5ccc(-n6c7ccccc7c7ccc8c(c9ccccc9n8-c8ccccc8)c76)c6c5oc5ccccc56)ccc4n1c23. The maximum atomic E-state index is 14.1. The number of rotatable bonds is 3. The van der Waals surface area contributed by atoms with E-state index in [0.717, 1.165) is 93.4 Å². The number of hydrogen-bond acceptors (Lipinski definition) is 2. The molecule has 0 saturated carbocycles. The Kier molecular flexibility index (Phi) is 6.11. The molecule has 0 unspecified atom stereocenters. The van der Waals surface area contributed by atoms with Crippen LogP contribution in [0.3, 0.4) is 0 Å². The van der Waals surface area contributed by atoms with Gasteiger partial charge in [-0.25, -0.2) is 0 Å². The van der Waals surface area contributed by atoms with Crippen molar-refractivity contribution in [3.8, 4) is 22.5 Å². The Morgan fingerprint density at radius 2 is 1.02 bits per heavy atom. The van der Waals surface area contributed by atoms with Gasteiger partial charge in [0.25, 0.3) is 5.56 Å². The molecule has 5 nitrogen and oxygen atoms in total. The first-order chi connectivity index (χ1) is 29.7. The van der Waals surface area contributed by atoms with Gasteiger partial charge in [0.1, 0.15) is 11.2 Å². The van der Waals surface area contributed by atoms with Crippen LogP contribution in [0.4, 0.5) is 0 Å². The van der Waals surface area contributed by atoms with Crippen molar-refractivity contribution in [2.24, 2.45) is 0 Å². The van der Waals surface area contributed by atoms with Crippen molar-refractivity contribution in [3.63, 3.8) is 0 Å². The number of hydrogen-bond donors (Lipinski definition) is 0. The van der Waals surface area contributed by atoms with Crippen molar-refractivity contribution < 1.29 is 4.42 Å². The normalized spacial score (nSPS) is 12.4. The summed E-state index contributed by atoms with van der Waals surface area (Å²) in [6.07, 6.45) is 0. The van der Waals surface area contributed by atoms with E-state index < -0.39 is 0 Å². The monoisotopic (exact) mass is 765 g/mol. The second kappa shape index (κ2) is 11.5. The third-order valence-corrected chi connectivity index (χ3v) is 13.0. The molecule has 0 bridgehead atoms. The van der Waals surface area contributed by atoms with E-state index in [1.807, 2.05) is 28.7 Å². The third-order valence-electron chi connectivity index (χ3n) is 13.0. The summed E-state index contributed by atoms with van der Waals surface area (Å²) in [5.74, 6) is 0. The van der Waals surface area contributed by atoms with Crippen molar-refractivity contribution in [1.82, 2.24) is 13.5 Å². The zero-order chi connectivity index (χ0) is 39.2. The van der Waals surface area contributed by atoms with E-state index >= 15 is 0 Å². The lowest BCUT2D eigenvalue weighted by atomic mass is 9.98. The summed E-state index contributed by atoms with van der Waals surface area (Å²) in [5.41, 5.74) is 12.4. The minimum atomic E-state index is 0.00764. The van der Waals surface area contributed by atoms with Crippen molar-refractivity contribution >= 4 is 104 Å². The van der Waals surface area contributed by atoms with Crippen molar-refractivity contribution in [1.29, 1.82) is 0 Å². The molecule has 0 N–H and O–H groups in total. The molecule has 5 heteroatoms. The van der Waals surface area contributed by atoms with Crippen LogP contribution in [-0.2, 0) is 0 Å². The molecule has 14 aromatic rings. The fraction of sp³-hybridized carbons (Fsp3) is 0. The first-order valence-corrected chi connectivity index (χ1v) is 20.4. The highest BCUT2D eigenvalue weighted by atomic mass is 16.3. The Hall–Kier alpha value is -8.15. The lowest BCUT2D eigenvalue weighted by Crippen LogP contribution is -2.12. The molecular formula is C55H31N3O2. The van der Waals surface area contributed by atoms with Crippen molar-refractivity contribution in [2.75, 3.05) is 0 Å². The van der Waals surface area contributed by atoms with E-state index in [1.165, 1.54) is 32.6 Å². The van der Waals surface area contributed by atoms with Gasteiger partial charge in [0.2, 0.25) is 0 Å². The van der Waals surface area contributed by atoms with Gasteiger partial charge in [-0.3, -0.25) is 9.20 Å². The van der Waals surface area contributed by atoms with Gasteiger partial charge >= 0.3 is 0 Å². The fourth-order valence-electron chi connectivity index (χ4n) is 10.5. The van der Waals surface area contributed by atoms with Crippen LogP contribution in [0.15, 0.2) is 197 Å². The quantitative estimate of drug-likeness (QED) is 0.168. The third kappa shape index (κ3) is 3.98. The zero-order valence-electron chi connectivity index (χ0n) is 32.1. The Morgan fingerprint density at radius 1 is 0.383 bits per heavy atom. The molecule has 5 heterocycles. The maximum absolute atomic E-state index is 14.1. The molecule has 0 aliphatic heterocycles.